The van der Waals surface area contributed by atoms with E-state index in [1.807, 2.05) is 29.5 Å². The molecule has 0 saturated carbocycles. The number of nitrogens with zero attached hydrogens (tertiary/aromatic N) is 4. The van der Waals surface area contributed by atoms with Gasteiger partial charge in [-0.25, -0.2) is 4.98 Å². The number of ether oxygens (including phenoxy) is 1. The van der Waals surface area contributed by atoms with E-state index in [2.05, 4.69) is 20.0 Å². The van der Waals surface area contributed by atoms with Crippen molar-refractivity contribution in [2.45, 2.75) is 19.6 Å². The van der Waals surface area contributed by atoms with Crippen molar-refractivity contribution in [3.63, 3.8) is 0 Å². The molecule has 18 heavy (non-hydrogen) atoms. The summed E-state index contributed by atoms with van der Waals surface area (Å²) in [7, 11) is 1.70. The summed E-state index contributed by atoms with van der Waals surface area (Å²) in [5, 5.41) is 7.50. The van der Waals surface area contributed by atoms with E-state index in [-0.39, 0.29) is 0 Å². The number of imidazole rings is 1. The lowest BCUT2D eigenvalue weighted by atomic mass is 10.4. The maximum absolute atomic E-state index is 4.99. The van der Waals surface area contributed by atoms with Crippen molar-refractivity contribution in [2.75, 3.05) is 20.3 Å². The number of rotatable bonds is 8. The van der Waals surface area contributed by atoms with Gasteiger partial charge in [0.2, 0.25) is 0 Å². The van der Waals surface area contributed by atoms with E-state index in [0.717, 1.165) is 32.8 Å². The number of hydrogen-bond acceptors (Lipinski definition) is 4. The SMILES string of the molecule is COCCNCc1cncn1CCn1cccn1. The number of hydrogen-bond donors (Lipinski definition) is 1. The first-order valence-corrected chi connectivity index (χ1v) is 6.06. The maximum Gasteiger partial charge on any atom is 0.0949 e. The van der Waals surface area contributed by atoms with Crippen molar-refractivity contribution in [3.05, 3.63) is 36.7 Å². The van der Waals surface area contributed by atoms with E-state index in [4.69, 9.17) is 4.74 Å². The summed E-state index contributed by atoms with van der Waals surface area (Å²) in [6, 6.07) is 1.93. The molecule has 0 atom stereocenters. The largest absolute Gasteiger partial charge is 0.383 e. The van der Waals surface area contributed by atoms with Crippen LogP contribution < -0.4 is 5.32 Å². The predicted molar refractivity (Wildman–Crippen MR) is 68.0 cm³/mol. The fraction of sp³-hybridized carbons (Fsp3) is 0.500. The fourth-order valence-corrected chi connectivity index (χ4v) is 1.73. The third-order valence-corrected chi connectivity index (χ3v) is 2.72. The molecule has 0 aliphatic heterocycles. The molecule has 6 nitrogen and oxygen atoms in total. The summed E-state index contributed by atoms with van der Waals surface area (Å²) in [5.41, 5.74) is 1.18. The van der Waals surface area contributed by atoms with Gasteiger partial charge >= 0.3 is 0 Å². The van der Waals surface area contributed by atoms with Crippen LogP contribution in [0.2, 0.25) is 0 Å². The second-order valence-corrected chi connectivity index (χ2v) is 4.02. The Morgan fingerprint density at radius 1 is 1.39 bits per heavy atom. The monoisotopic (exact) mass is 249 g/mol. The van der Waals surface area contributed by atoms with Crippen LogP contribution >= 0.6 is 0 Å². The van der Waals surface area contributed by atoms with Gasteiger partial charge in [0.15, 0.2) is 0 Å². The van der Waals surface area contributed by atoms with Crippen molar-refractivity contribution >= 4 is 0 Å². The highest BCUT2D eigenvalue weighted by molar-refractivity contribution is 4.97. The molecule has 6 heteroatoms. The fourth-order valence-electron chi connectivity index (χ4n) is 1.73. The topological polar surface area (TPSA) is 56.9 Å². The minimum absolute atomic E-state index is 0.724. The Balaban J connectivity index is 1.79. The van der Waals surface area contributed by atoms with Crippen LogP contribution in [0.3, 0.4) is 0 Å². The second-order valence-electron chi connectivity index (χ2n) is 4.02. The summed E-state index contributed by atoms with van der Waals surface area (Å²) in [6.45, 7) is 4.11. The second kappa shape index (κ2) is 6.93. The molecule has 0 fully saturated rings. The van der Waals surface area contributed by atoms with Crippen molar-refractivity contribution in [1.82, 2.24) is 24.6 Å². The smallest absolute Gasteiger partial charge is 0.0949 e. The van der Waals surface area contributed by atoms with Crippen LogP contribution in [-0.4, -0.2) is 39.6 Å². The zero-order valence-electron chi connectivity index (χ0n) is 10.6. The molecular formula is C12H19N5O. The molecule has 2 aromatic rings. The van der Waals surface area contributed by atoms with Crippen LogP contribution in [0.5, 0.6) is 0 Å². The molecular weight excluding hydrogens is 230 g/mol. The summed E-state index contributed by atoms with van der Waals surface area (Å²) in [4.78, 5) is 4.18. The van der Waals surface area contributed by atoms with Gasteiger partial charge in [0.05, 0.1) is 25.2 Å². The van der Waals surface area contributed by atoms with Crippen molar-refractivity contribution in [3.8, 4) is 0 Å². The van der Waals surface area contributed by atoms with Gasteiger partial charge < -0.3 is 14.6 Å². The molecule has 0 saturated heterocycles. The first-order valence-electron chi connectivity index (χ1n) is 6.06. The molecule has 2 rings (SSSR count). The van der Waals surface area contributed by atoms with Crippen LogP contribution in [0.25, 0.3) is 0 Å². The van der Waals surface area contributed by atoms with Crippen LogP contribution in [0.1, 0.15) is 5.69 Å². The van der Waals surface area contributed by atoms with E-state index >= 15 is 0 Å². The van der Waals surface area contributed by atoms with Gasteiger partial charge in [-0.2, -0.15) is 5.10 Å². The minimum Gasteiger partial charge on any atom is -0.383 e. The number of aromatic nitrogens is 4. The zero-order chi connectivity index (χ0) is 12.6. The Morgan fingerprint density at radius 3 is 3.11 bits per heavy atom. The lowest BCUT2D eigenvalue weighted by Crippen LogP contribution is -2.21. The van der Waals surface area contributed by atoms with Gasteiger partial charge in [0.1, 0.15) is 0 Å². The number of aryl methyl sites for hydroxylation is 2. The molecule has 0 spiro atoms. The van der Waals surface area contributed by atoms with Gasteiger partial charge in [-0.3, -0.25) is 4.68 Å². The summed E-state index contributed by atoms with van der Waals surface area (Å²) < 4.78 is 9.05. The molecule has 98 valence electrons. The molecule has 0 unspecified atom stereocenters. The Morgan fingerprint density at radius 2 is 2.33 bits per heavy atom. The van der Waals surface area contributed by atoms with Crippen LogP contribution in [0.15, 0.2) is 31.0 Å². The lowest BCUT2D eigenvalue weighted by molar-refractivity contribution is 0.199. The predicted octanol–water partition coefficient (Wildman–Crippen LogP) is 0.516. The molecule has 2 aromatic heterocycles. The van der Waals surface area contributed by atoms with Gasteiger partial charge in [-0.1, -0.05) is 0 Å². The highest BCUT2D eigenvalue weighted by Gasteiger charge is 2.01. The Hall–Kier alpha value is -1.66. The van der Waals surface area contributed by atoms with Crippen molar-refractivity contribution < 1.29 is 4.74 Å². The molecule has 0 amide bonds. The average Bonchev–Trinajstić information content (AvgIpc) is 3.03. The van der Waals surface area contributed by atoms with Crippen molar-refractivity contribution in [2.24, 2.45) is 0 Å². The maximum atomic E-state index is 4.99. The Bertz CT molecular complexity index is 437. The normalized spacial score (nSPS) is 10.9. The first-order chi connectivity index (χ1) is 8.90. The van der Waals surface area contributed by atoms with E-state index in [0.29, 0.717) is 0 Å². The highest BCUT2D eigenvalue weighted by atomic mass is 16.5. The summed E-state index contributed by atoms with van der Waals surface area (Å²) in [6.07, 6.45) is 7.51. The van der Waals surface area contributed by atoms with Crippen molar-refractivity contribution in [1.29, 1.82) is 0 Å². The molecule has 0 bridgehead atoms. The van der Waals surface area contributed by atoms with Gasteiger partial charge in [-0.15, -0.1) is 0 Å². The summed E-state index contributed by atoms with van der Waals surface area (Å²) >= 11 is 0. The minimum atomic E-state index is 0.724. The third kappa shape index (κ3) is 3.68. The number of nitrogens with one attached hydrogen (secondary N) is 1. The quantitative estimate of drug-likeness (QED) is 0.693. The van der Waals surface area contributed by atoms with E-state index in [1.54, 1.807) is 13.3 Å². The third-order valence-electron chi connectivity index (χ3n) is 2.72. The van der Waals surface area contributed by atoms with Gasteiger partial charge in [0.25, 0.3) is 0 Å². The number of methoxy groups -OCH3 is 1. The van der Waals surface area contributed by atoms with Gasteiger partial charge in [-0.05, 0) is 6.07 Å². The molecule has 0 aliphatic rings. The van der Waals surface area contributed by atoms with Gasteiger partial charge in [0, 0.05) is 45.3 Å². The Labute approximate surface area is 107 Å². The lowest BCUT2D eigenvalue weighted by Gasteiger charge is -2.09. The van der Waals surface area contributed by atoms with Crippen LogP contribution in [-0.2, 0) is 24.4 Å². The molecule has 0 aromatic carbocycles. The standard InChI is InChI=1S/C12H19N5O/c1-18-8-4-13-9-12-10-14-11-16(12)6-7-17-5-2-3-15-17/h2-3,5,10-11,13H,4,6-9H2,1H3. The Kier molecular flexibility index (Phi) is 4.92. The molecule has 1 N–H and O–H groups in total. The van der Waals surface area contributed by atoms with Crippen LogP contribution in [0, 0.1) is 0 Å². The molecule has 2 heterocycles. The zero-order valence-corrected chi connectivity index (χ0v) is 10.6. The highest BCUT2D eigenvalue weighted by Crippen LogP contribution is 2.00. The van der Waals surface area contributed by atoms with E-state index in [9.17, 15) is 0 Å². The van der Waals surface area contributed by atoms with E-state index in [1.165, 1.54) is 5.69 Å². The summed E-state index contributed by atoms with van der Waals surface area (Å²) in [5.74, 6) is 0. The molecule has 0 aliphatic carbocycles. The average molecular weight is 249 g/mol. The van der Waals surface area contributed by atoms with E-state index < -0.39 is 0 Å². The first kappa shape index (κ1) is 12.8. The molecule has 0 radical (unpaired) electrons. The van der Waals surface area contributed by atoms with Crippen LogP contribution in [0.4, 0.5) is 0 Å².